The third kappa shape index (κ3) is 2.23. The molecule has 0 bridgehead atoms. The van der Waals surface area contributed by atoms with Crippen molar-refractivity contribution in [1.82, 2.24) is 9.55 Å². The van der Waals surface area contributed by atoms with Crippen molar-refractivity contribution in [3.63, 3.8) is 0 Å². The number of aromatic amines is 1. The zero-order chi connectivity index (χ0) is 14.2. The van der Waals surface area contributed by atoms with Crippen molar-refractivity contribution in [1.29, 1.82) is 0 Å². The lowest BCUT2D eigenvalue weighted by Crippen LogP contribution is -2.49. The Morgan fingerprint density at radius 1 is 1.63 bits per heavy atom. The Hall–Kier alpha value is -1.13. The summed E-state index contributed by atoms with van der Waals surface area (Å²) in [6.45, 7) is -1.88. The minimum absolute atomic E-state index is 0.0878. The average molecular weight is 292 g/mol. The first-order chi connectivity index (χ1) is 8.93. The lowest BCUT2D eigenvalue weighted by atomic mass is 9.95. The van der Waals surface area contributed by atoms with E-state index in [1.807, 2.05) is 0 Å². The number of aliphatic hydroxyl groups excluding tert-OH is 2. The molecule has 9 heteroatoms. The van der Waals surface area contributed by atoms with Gasteiger partial charge in [-0.3, -0.25) is 14.3 Å². The Balaban J connectivity index is 2.48. The van der Waals surface area contributed by atoms with Gasteiger partial charge in [-0.05, 0) is 12.2 Å². The first-order valence-corrected chi connectivity index (χ1v) is 5.89. The Kier molecular flexibility index (Phi) is 3.83. The molecule has 0 aromatic carbocycles. The largest absolute Gasteiger partial charge is 0.394 e. The molecule has 7 nitrogen and oxygen atoms in total. The van der Waals surface area contributed by atoms with E-state index in [2.05, 4.69) is 4.98 Å². The summed E-state index contributed by atoms with van der Waals surface area (Å²) in [4.78, 5) is 13.4. The number of H-pyrrole nitrogens is 1. The number of alkyl halides is 1. The third-order valence-corrected chi connectivity index (χ3v) is 3.41. The number of hydrogen-bond acceptors (Lipinski definition) is 6. The fourth-order valence-electron chi connectivity index (χ4n) is 2.03. The number of ether oxygens (including phenoxy) is 1. The predicted octanol–water partition coefficient (Wildman–Crippen LogP) is -1.14. The topological polar surface area (TPSA) is 108 Å². The number of aliphatic hydroxyl groups is 3. The molecule has 1 aromatic rings. The van der Waals surface area contributed by atoms with Gasteiger partial charge in [0.05, 0.1) is 6.61 Å². The van der Waals surface area contributed by atoms with Gasteiger partial charge in [0.15, 0.2) is 16.6 Å². The summed E-state index contributed by atoms with van der Waals surface area (Å²) in [6, 6.07) is 1.12. The van der Waals surface area contributed by atoms with Crippen molar-refractivity contribution in [2.24, 2.45) is 0 Å². The normalized spacial score (nSPS) is 34.6. The van der Waals surface area contributed by atoms with Crippen LogP contribution >= 0.6 is 12.2 Å². The summed E-state index contributed by atoms with van der Waals surface area (Å²) >= 11 is 4.89. The monoisotopic (exact) mass is 292 g/mol. The summed E-state index contributed by atoms with van der Waals surface area (Å²) in [7, 11) is 0. The Labute approximate surface area is 111 Å². The molecule has 4 atom stereocenters. The van der Waals surface area contributed by atoms with Crippen molar-refractivity contribution in [3.8, 4) is 0 Å². The fourth-order valence-corrected chi connectivity index (χ4v) is 2.29. The van der Waals surface area contributed by atoms with E-state index >= 15 is 0 Å². The van der Waals surface area contributed by atoms with Crippen molar-refractivity contribution < 1.29 is 24.4 Å². The smallest absolute Gasteiger partial charge is 0.251 e. The van der Waals surface area contributed by atoms with Crippen molar-refractivity contribution >= 4 is 12.2 Å². The van der Waals surface area contributed by atoms with Gasteiger partial charge in [-0.1, -0.05) is 0 Å². The van der Waals surface area contributed by atoms with E-state index in [9.17, 15) is 19.4 Å². The molecule has 1 aliphatic rings. The molecule has 2 heterocycles. The van der Waals surface area contributed by atoms with Crippen LogP contribution in [0, 0.1) is 4.77 Å². The number of rotatable bonds is 3. The second-order valence-electron chi connectivity index (χ2n) is 4.30. The van der Waals surface area contributed by atoms with Gasteiger partial charge in [0.2, 0.25) is 0 Å². The highest BCUT2D eigenvalue weighted by atomic mass is 32.1. The molecular formula is C10H13FN2O5S. The molecule has 1 unspecified atom stereocenters. The molecule has 0 spiro atoms. The quantitative estimate of drug-likeness (QED) is 0.524. The van der Waals surface area contributed by atoms with E-state index in [1.165, 1.54) is 6.20 Å². The maximum Gasteiger partial charge on any atom is 0.251 e. The van der Waals surface area contributed by atoms with Gasteiger partial charge >= 0.3 is 0 Å². The first-order valence-electron chi connectivity index (χ1n) is 5.48. The van der Waals surface area contributed by atoms with E-state index in [0.717, 1.165) is 10.6 Å². The van der Waals surface area contributed by atoms with Crippen LogP contribution in [0.25, 0.3) is 0 Å². The van der Waals surface area contributed by atoms with E-state index < -0.39 is 42.9 Å². The van der Waals surface area contributed by atoms with Crippen molar-refractivity contribution in [2.45, 2.75) is 24.0 Å². The molecule has 1 aromatic heterocycles. The SMILES string of the molecule is O=c1ccn([C@@H]2O[C@H](CO)[C@H](O)C2(O)CF)c(=S)[nH]1. The zero-order valence-electron chi connectivity index (χ0n) is 9.69. The summed E-state index contributed by atoms with van der Waals surface area (Å²) in [5.41, 5.74) is -2.70. The van der Waals surface area contributed by atoms with E-state index in [4.69, 9.17) is 22.1 Å². The van der Waals surface area contributed by atoms with Crippen LogP contribution in [-0.2, 0) is 4.74 Å². The van der Waals surface area contributed by atoms with Gasteiger partial charge in [0.25, 0.3) is 5.56 Å². The van der Waals surface area contributed by atoms with Crippen molar-refractivity contribution in [3.05, 3.63) is 27.4 Å². The maximum atomic E-state index is 13.1. The first kappa shape index (κ1) is 14.3. The Morgan fingerprint density at radius 3 is 2.84 bits per heavy atom. The zero-order valence-corrected chi connectivity index (χ0v) is 10.5. The third-order valence-electron chi connectivity index (χ3n) is 3.09. The van der Waals surface area contributed by atoms with Crippen LogP contribution in [0.3, 0.4) is 0 Å². The van der Waals surface area contributed by atoms with Crippen LogP contribution in [0.2, 0.25) is 0 Å². The number of halogens is 1. The van der Waals surface area contributed by atoms with E-state index in [0.29, 0.717) is 0 Å². The molecule has 106 valence electrons. The molecule has 1 aliphatic heterocycles. The molecule has 1 saturated heterocycles. The number of nitrogens with zero attached hydrogens (tertiary/aromatic N) is 1. The Morgan fingerprint density at radius 2 is 2.32 bits per heavy atom. The van der Waals surface area contributed by atoms with Gasteiger partial charge in [0.1, 0.15) is 18.9 Å². The number of nitrogens with one attached hydrogen (secondary N) is 1. The molecule has 1 fully saturated rings. The second kappa shape index (κ2) is 5.10. The number of aromatic nitrogens is 2. The van der Waals surface area contributed by atoms with Crippen LogP contribution in [0.4, 0.5) is 4.39 Å². The van der Waals surface area contributed by atoms with Gasteiger partial charge in [-0.25, -0.2) is 4.39 Å². The van der Waals surface area contributed by atoms with Gasteiger partial charge in [0, 0.05) is 12.3 Å². The van der Waals surface area contributed by atoms with Crippen LogP contribution in [0.15, 0.2) is 17.1 Å². The fraction of sp³-hybridized carbons (Fsp3) is 0.600. The summed E-state index contributed by atoms with van der Waals surface area (Å²) in [5.74, 6) is 0. The van der Waals surface area contributed by atoms with Crippen molar-refractivity contribution in [2.75, 3.05) is 13.3 Å². The summed E-state index contributed by atoms with van der Waals surface area (Å²) in [6.07, 6.45) is -2.87. The highest BCUT2D eigenvalue weighted by Crippen LogP contribution is 2.38. The Bertz CT molecular complexity index is 576. The van der Waals surface area contributed by atoms with Crippen LogP contribution in [0.1, 0.15) is 6.23 Å². The van der Waals surface area contributed by atoms with Crippen LogP contribution < -0.4 is 5.56 Å². The maximum absolute atomic E-state index is 13.1. The predicted molar refractivity (Wildman–Crippen MR) is 63.8 cm³/mol. The van der Waals surface area contributed by atoms with Crippen LogP contribution in [-0.4, -0.2) is 56.0 Å². The van der Waals surface area contributed by atoms with Gasteiger partial charge in [-0.2, -0.15) is 0 Å². The molecule has 4 N–H and O–H groups in total. The summed E-state index contributed by atoms with van der Waals surface area (Å²) in [5, 5.41) is 29.0. The molecule has 0 radical (unpaired) electrons. The minimum Gasteiger partial charge on any atom is -0.394 e. The molecule has 19 heavy (non-hydrogen) atoms. The molecule has 0 saturated carbocycles. The average Bonchev–Trinajstić information content (AvgIpc) is 2.63. The molecule has 0 amide bonds. The minimum atomic E-state index is -2.25. The van der Waals surface area contributed by atoms with Gasteiger partial charge < -0.3 is 20.1 Å². The molecule has 0 aliphatic carbocycles. The van der Waals surface area contributed by atoms with E-state index in [-0.39, 0.29) is 4.77 Å². The molecule has 2 rings (SSSR count). The lowest BCUT2D eigenvalue weighted by Gasteiger charge is -2.29. The summed E-state index contributed by atoms with van der Waals surface area (Å²) < 4.78 is 19.4. The molecular weight excluding hydrogens is 279 g/mol. The van der Waals surface area contributed by atoms with Gasteiger partial charge in [-0.15, -0.1) is 0 Å². The highest BCUT2D eigenvalue weighted by Gasteiger charge is 2.56. The lowest BCUT2D eigenvalue weighted by molar-refractivity contribution is -0.120. The van der Waals surface area contributed by atoms with E-state index in [1.54, 1.807) is 0 Å². The highest BCUT2D eigenvalue weighted by molar-refractivity contribution is 7.71. The standard InChI is InChI=1S/C10H13FN2O5S/c11-4-10(17)7(16)5(3-14)18-8(10)13-2-1-6(15)12-9(13)19/h1-2,5,7-8,14,16-17H,3-4H2,(H,12,15,19)/t5-,7+,8-,10?/m1/s1. The second-order valence-corrected chi connectivity index (χ2v) is 4.68. The number of hydrogen-bond donors (Lipinski definition) is 4. The van der Waals surface area contributed by atoms with Crippen LogP contribution in [0.5, 0.6) is 0 Å².